The molecular weight excluding hydrogens is 317 g/mol. The summed E-state index contributed by atoms with van der Waals surface area (Å²) in [6, 6.07) is 11.6. The fourth-order valence-corrected chi connectivity index (χ4v) is 2.53. The van der Waals surface area contributed by atoms with Crippen LogP contribution in [-0.2, 0) is 4.79 Å². The van der Waals surface area contributed by atoms with Crippen LogP contribution in [-0.4, -0.2) is 12.5 Å². The van der Waals surface area contributed by atoms with Crippen LogP contribution < -0.4 is 10.6 Å². The van der Waals surface area contributed by atoms with Gasteiger partial charge in [0.2, 0.25) is 0 Å². The van der Waals surface area contributed by atoms with Crippen LogP contribution in [0.5, 0.6) is 0 Å². The van der Waals surface area contributed by atoms with Crippen molar-refractivity contribution in [3.8, 4) is 0 Å². The number of hydrogen-bond donors (Lipinski definition) is 2. The molecule has 0 saturated heterocycles. The first-order valence-corrected chi connectivity index (χ1v) is 7.71. The van der Waals surface area contributed by atoms with Gasteiger partial charge >= 0.3 is 0 Å². The molecule has 1 atom stereocenters. The molecule has 0 unspecified atom stereocenters. The van der Waals surface area contributed by atoms with Gasteiger partial charge in [0.05, 0.1) is 5.69 Å². The summed E-state index contributed by atoms with van der Waals surface area (Å²) < 4.78 is 39.6. The lowest BCUT2D eigenvalue weighted by Crippen LogP contribution is -2.88. The molecule has 24 heavy (non-hydrogen) atoms. The summed E-state index contributed by atoms with van der Waals surface area (Å²) in [5.41, 5.74) is 0.715. The number of nitrogens with one attached hydrogen (secondary N) is 1. The average molecular weight is 337 g/mol. The van der Waals surface area contributed by atoms with E-state index in [9.17, 15) is 18.0 Å². The monoisotopic (exact) mass is 337 g/mol. The van der Waals surface area contributed by atoms with Gasteiger partial charge in [-0.1, -0.05) is 44.2 Å². The SMILES string of the molecule is CC(C)[C@@H]([NH2+]CC(=O)Nc1ccc(F)c(F)c1F)c1ccccc1. The maximum atomic E-state index is 13.6. The van der Waals surface area contributed by atoms with Crippen molar-refractivity contribution in [1.82, 2.24) is 0 Å². The molecule has 0 radical (unpaired) electrons. The number of hydrogen-bond acceptors (Lipinski definition) is 1. The van der Waals surface area contributed by atoms with Crippen LogP contribution in [0.15, 0.2) is 42.5 Å². The van der Waals surface area contributed by atoms with Crippen LogP contribution >= 0.6 is 0 Å². The van der Waals surface area contributed by atoms with E-state index in [1.165, 1.54) is 0 Å². The third-order valence-corrected chi connectivity index (χ3v) is 3.77. The molecule has 2 rings (SSSR count). The lowest BCUT2D eigenvalue weighted by molar-refractivity contribution is -0.692. The highest BCUT2D eigenvalue weighted by Crippen LogP contribution is 2.19. The Morgan fingerprint density at radius 3 is 2.33 bits per heavy atom. The number of rotatable bonds is 6. The molecular formula is C18H20F3N2O+. The smallest absolute Gasteiger partial charge is 0.279 e. The van der Waals surface area contributed by atoms with Gasteiger partial charge in [-0.25, -0.2) is 13.2 Å². The van der Waals surface area contributed by atoms with Crippen molar-refractivity contribution < 1.29 is 23.3 Å². The maximum Gasteiger partial charge on any atom is 0.279 e. The Labute approximate surface area is 138 Å². The number of halogens is 3. The first kappa shape index (κ1) is 18.0. The number of carbonyl (C=O) groups is 1. The van der Waals surface area contributed by atoms with E-state index < -0.39 is 23.4 Å². The minimum Gasteiger partial charge on any atom is -0.332 e. The molecule has 2 aromatic rings. The molecule has 1 amide bonds. The normalized spacial score (nSPS) is 12.2. The molecule has 0 saturated carbocycles. The predicted octanol–water partition coefficient (Wildman–Crippen LogP) is 3.00. The summed E-state index contributed by atoms with van der Waals surface area (Å²) in [5.74, 6) is -4.49. The van der Waals surface area contributed by atoms with Crippen LogP contribution in [0.25, 0.3) is 0 Å². The van der Waals surface area contributed by atoms with Gasteiger partial charge in [-0.15, -0.1) is 0 Å². The predicted molar refractivity (Wildman–Crippen MR) is 85.8 cm³/mol. The van der Waals surface area contributed by atoms with Gasteiger partial charge in [0, 0.05) is 11.5 Å². The van der Waals surface area contributed by atoms with Gasteiger partial charge < -0.3 is 10.6 Å². The zero-order chi connectivity index (χ0) is 17.7. The summed E-state index contributed by atoms with van der Waals surface area (Å²) in [7, 11) is 0. The van der Waals surface area contributed by atoms with Crippen LogP contribution in [0.2, 0.25) is 0 Å². The first-order valence-electron chi connectivity index (χ1n) is 7.71. The molecule has 0 fully saturated rings. The van der Waals surface area contributed by atoms with E-state index in [0.29, 0.717) is 0 Å². The number of nitrogens with two attached hydrogens (primary N) is 1. The van der Waals surface area contributed by atoms with Gasteiger partial charge in [0.25, 0.3) is 5.91 Å². The molecule has 0 heterocycles. The molecule has 128 valence electrons. The zero-order valence-electron chi connectivity index (χ0n) is 13.5. The van der Waals surface area contributed by atoms with E-state index in [1.807, 2.05) is 49.5 Å². The van der Waals surface area contributed by atoms with Gasteiger partial charge in [-0.3, -0.25) is 4.79 Å². The first-order chi connectivity index (χ1) is 11.4. The Morgan fingerprint density at radius 2 is 1.71 bits per heavy atom. The van der Waals surface area contributed by atoms with E-state index >= 15 is 0 Å². The Bertz CT molecular complexity index is 705. The molecule has 3 nitrogen and oxygen atoms in total. The molecule has 0 spiro atoms. The summed E-state index contributed by atoms with van der Waals surface area (Å²) in [4.78, 5) is 12.0. The molecule has 0 aliphatic heterocycles. The number of benzene rings is 2. The zero-order valence-corrected chi connectivity index (χ0v) is 13.5. The second kappa shape index (κ2) is 7.97. The molecule has 0 aromatic heterocycles. The Kier molecular flexibility index (Phi) is 5.98. The number of anilines is 1. The highest BCUT2D eigenvalue weighted by molar-refractivity contribution is 5.91. The highest BCUT2D eigenvalue weighted by Gasteiger charge is 2.21. The van der Waals surface area contributed by atoms with Crippen LogP contribution in [0, 0.1) is 23.4 Å². The third-order valence-electron chi connectivity index (χ3n) is 3.77. The number of quaternary nitrogens is 1. The molecule has 0 bridgehead atoms. The van der Waals surface area contributed by atoms with Crippen LogP contribution in [0.1, 0.15) is 25.5 Å². The lowest BCUT2D eigenvalue weighted by Gasteiger charge is -2.19. The fourth-order valence-electron chi connectivity index (χ4n) is 2.53. The molecule has 6 heteroatoms. The van der Waals surface area contributed by atoms with E-state index in [0.717, 1.165) is 17.7 Å². The van der Waals surface area contributed by atoms with Crippen molar-refractivity contribution in [3.05, 3.63) is 65.5 Å². The van der Waals surface area contributed by atoms with Crippen LogP contribution in [0.4, 0.5) is 18.9 Å². The largest absolute Gasteiger partial charge is 0.332 e. The average Bonchev–Trinajstić information content (AvgIpc) is 2.56. The standard InChI is InChI=1S/C18H19F3N2O/c1-11(2)18(12-6-4-3-5-7-12)22-10-15(24)23-14-9-8-13(19)16(20)17(14)21/h3-9,11,18,22H,10H2,1-2H3,(H,23,24)/p+1/t18-/m1/s1. The summed E-state index contributed by atoms with van der Waals surface area (Å²) in [5, 5.41) is 4.11. The van der Waals surface area contributed by atoms with E-state index in [4.69, 9.17) is 0 Å². The van der Waals surface area contributed by atoms with E-state index in [2.05, 4.69) is 5.32 Å². The van der Waals surface area contributed by atoms with Crippen LogP contribution in [0.3, 0.4) is 0 Å². The van der Waals surface area contributed by atoms with Gasteiger partial charge in [-0.05, 0) is 12.1 Å². The summed E-state index contributed by atoms with van der Waals surface area (Å²) in [6.45, 7) is 4.12. The van der Waals surface area contributed by atoms with E-state index in [1.54, 1.807) is 0 Å². The number of carbonyl (C=O) groups excluding carboxylic acids is 1. The summed E-state index contributed by atoms with van der Waals surface area (Å²) >= 11 is 0. The van der Waals surface area contributed by atoms with Gasteiger partial charge in [0.15, 0.2) is 24.0 Å². The molecule has 0 aliphatic carbocycles. The fraction of sp³-hybridized carbons (Fsp3) is 0.278. The summed E-state index contributed by atoms with van der Waals surface area (Å²) in [6.07, 6.45) is 0. The minimum atomic E-state index is -1.60. The van der Waals surface area contributed by atoms with Crippen molar-refractivity contribution in [2.24, 2.45) is 5.92 Å². The van der Waals surface area contributed by atoms with Gasteiger partial charge in [0.1, 0.15) is 6.04 Å². The van der Waals surface area contributed by atoms with E-state index in [-0.39, 0.29) is 24.2 Å². The Morgan fingerprint density at radius 1 is 1.04 bits per heavy atom. The molecule has 0 aliphatic rings. The Balaban J connectivity index is 2.01. The van der Waals surface area contributed by atoms with Crippen molar-refractivity contribution >= 4 is 11.6 Å². The van der Waals surface area contributed by atoms with Crippen molar-refractivity contribution in [3.63, 3.8) is 0 Å². The lowest BCUT2D eigenvalue weighted by atomic mass is 9.96. The second-order valence-electron chi connectivity index (χ2n) is 5.89. The second-order valence-corrected chi connectivity index (χ2v) is 5.89. The molecule has 2 aromatic carbocycles. The highest BCUT2D eigenvalue weighted by atomic mass is 19.2. The van der Waals surface area contributed by atoms with Crippen molar-refractivity contribution in [1.29, 1.82) is 0 Å². The topological polar surface area (TPSA) is 45.7 Å². The van der Waals surface area contributed by atoms with Gasteiger partial charge in [-0.2, -0.15) is 0 Å². The molecule has 3 N–H and O–H groups in total. The van der Waals surface area contributed by atoms with Crippen molar-refractivity contribution in [2.75, 3.05) is 11.9 Å². The van der Waals surface area contributed by atoms with Crippen molar-refractivity contribution in [2.45, 2.75) is 19.9 Å². The Hall–Kier alpha value is -2.34. The maximum absolute atomic E-state index is 13.6. The number of amides is 1. The third kappa shape index (κ3) is 4.35. The quantitative estimate of drug-likeness (QED) is 0.782. The minimum absolute atomic E-state index is 0.0379.